The third-order valence-electron chi connectivity index (χ3n) is 3.73. The van der Waals surface area contributed by atoms with E-state index in [9.17, 15) is 9.90 Å². The van der Waals surface area contributed by atoms with Crippen molar-refractivity contribution >= 4 is 11.6 Å². The quantitative estimate of drug-likeness (QED) is 0.723. The number of nitrogen functional groups attached to an aromatic ring is 1. The van der Waals surface area contributed by atoms with Crippen LogP contribution in [0.25, 0.3) is 0 Å². The topological polar surface area (TPSA) is 93.2 Å². The molecule has 2 rings (SSSR count). The zero-order valence-corrected chi connectivity index (χ0v) is 10.9. The lowest BCUT2D eigenvalue weighted by atomic mass is 9.98. The average Bonchev–Trinajstić information content (AvgIpc) is 2.86. The Bertz CT molecular complexity index is 461. The van der Waals surface area contributed by atoms with Gasteiger partial charge in [0, 0.05) is 7.05 Å². The molecule has 1 saturated carbocycles. The molecular weight excluding hydrogens is 232 g/mol. The maximum absolute atomic E-state index is 12.3. The molecule has 0 aliphatic heterocycles. The summed E-state index contributed by atoms with van der Waals surface area (Å²) in [5, 5.41) is 16.5. The highest BCUT2D eigenvalue weighted by Gasteiger charge is 2.36. The molecule has 18 heavy (non-hydrogen) atoms. The second-order valence-electron chi connectivity index (χ2n) is 5.07. The van der Waals surface area contributed by atoms with Crippen LogP contribution in [0.5, 0.6) is 0 Å². The van der Waals surface area contributed by atoms with Crippen LogP contribution < -0.4 is 11.1 Å². The van der Waals surface area contributed by atoms with E-state index >= 15 is 0 Å². The van der Waals surface area contributed by atoms with Crippen molar-refractivity contribution in [3.8, 4) is 0 Å². The molecule has 0 aromatic carbocycles. The van der Waals surface area contributed by atoms with Crippen molar-refractivity contribution in [2.75, 3.05) is 12.3 Å². The van der Waals surface area contributed by atoms with Gasteiger partial charge in [0.05, 0.1) is 23.5 Å². The number of aliphatic hydroxyl groups excluding tert-OH is 1. The lowest BCUT2D eigenvalue weighted by molar-refractivity contribution is 0.0830. The molecule has 0 unspecified atom stereocenters. The van der Waals surface area contributed by atoms with Gasteiger partial charge in [-0.25, -0.2) is 0 Å². The van der Waals surface area contributed by atoms with Crippen LogP contribution in [0.1, 0.15) is 41.9 Å². The number of nitrogens with one attached hydrogen (secondary N) is 1. The Morgan fingerprint density at radius 2 is 2.17 bits per heavy atom. The molecule has 1 aromatic heterocycles. The maximum atomic E-state index is 12.3. The van der Waals surface area contributed by atoms with Crippen molar-refractivity contribution in [1.29, 1.82) is 0 Å². The molecule has 6 heteroatoms. The summed E-state index contributed by atoms with van der Waals surface area (Å²) in [4.78, 5) is 12.3. The maximum Gasteiger partial charge on any atom is 0.272 e. The molecule has 0 spiro atoms. The summed E-state index contributed by atoms with van der Waals surface area (Å²) in [5.41, 5.74) is 6.79. The monoisotopic (exact) mass is 252 g/mol. The van der Waals surface area contributed by atoms with Gasteiger partial charge in [0.2, 0.25) is 0 Å². The zero-order chi connectivity index (χ0) is 13.3. The highest BCUT2D eigenvalue weighted by molar-refractivity contribution is 5.98. The first-order valence-corrected chi connectivity index (χ1v) is 6.21. The first kappa shape index (κ1) is 12.9. The minimum Gasteiger partial charge on any atom is -0.395 e. The summed E-state index contributed by atoms with van der Waals surface area (Å²) in [6.07, 6.45) is 3.68. The Labute approximate surface area is 106 Å². The number of hydrogen-bond donors (Lipinski definition) is 3. The van der Waals surface area contributed by atoms with Crippen molar-refractivity contribution in [1.82, 2.24) is 15.1 Å². The van der Waals surface area contributed by atoms with Crippen LogP contribution >= 0.6 is 0 Å². The molecule has 0 bridgehead atoms. The van der Waals surface area contributed by atoms with Crippen molar-refractivity contribution < 1.29 is 9.90 Å². The summed E-state index contributed by atoms with van der Waals surface area (Å²) in [6.45, 7) is 1.74. The van der Waals surface area contributed by atoms with E-state index in [1.807, 2.05) is 0 Å². The summed E-state index contributed by atoms with van der Waals surface area (Å²) in [5.74, 6) is -0.258. The van der Waals surface area contributed by atoms with Gasteiger partial charge in [-0.3, -0.25) is 9.48 Å². The van der Waals surface area contributed by atoms with Crippen LogP contribution in [0.2, 0.25) is 0 Å². The largest absolute Gasteiger partial charge is 0.395 e. The van der Waals surface area contributed by atoms with Gasteiger partial charge in [-0.05, 0) is 19.8 Å². The van der Waals surface area contributed by atoms with E-state index < -0.39 is 5.54 Å². The lowest BCUT2D eigenvalue weighted by Gasteiger charge is -2.27. The van der Waals surface area contributed by atoms with E-state index in [1.165, 1.54) is 4.68 Å². The zero-order valence-electron chi connectivity index (χ0n) is 10.9. The molecule has 100 valence electrons. The number of amides is 1. The fourth-order valence-corrected chi connectivity index (χ4v) is 2.62. The van der Waals surface area contributed by atoms with Crippen LogP contribution in [0.3, 0.4) is 0 Å². The molecule has 1 aliphatic rings. The second kappa shape index (κ2) is 4.61. The van der Waals surface area contributed by atoms with Crippen LogP contribution in [0, 0.1) is 6.92 Å². The Morgan fingerprint density at radius 1 is 1.56 bits per heavy atom. The van der Waals surface area contributed by atoms with E-state index in [4.69, 9.17) is 5.73 Å². The Hall–Kier alpha value is -1.56. The predicted molar refractivity (Wildman–Crippen MR) is 68.1 cm³/mol. The first-order valence-electron chi connectivity index (χ1n) is 6.21. The van der Waals surface area contributed by atoms with Crippen LogP contribution in [0.4, 0.5) is 5.69 Å². The molecule has 0 radical (unpaired) electrons. The molecule has 0 atom stereocenters. The van der Waals surface area contributed by atoms with E-state index in [-0.39, 0.29) is 12.5 Å². The average molecular weight is 252 g/mol. The van der Waals surface area contributed by atoms with Crippen molar-refractivity contribution in [2.45, 2.75) is 38.1 Å². The third kappa shape index (κ3) is 2.08. The molecule has 1 aliphatic carbocycles. The number of anilines is 1. The molecule has 6 nitrogen and oxygen atoms in total. The Kier molecular flexibility index (Phi) is 3.30. The molecular formula is C12H20N4O2. The van der Waals surface area contributed by atoms with Gasteiger partial charge in [0.1, 0.15) is 5.69 Å². The lowest BCUT2D eigenvalue weighted by Crippen LogP contribution is -2.49. The number of carbonyl (C=O) groups excluding carboxylic acids is 1. The summed E-state index contributed by atoms with van der Waals surface area (Å²) < 4.78 is 1.49. The van der Waals surface area contributed by atoms with Gasteiger partial charge in [-0.15, -0.1) is 0 Å². The minimum absolute atomic E-state index is 0.0323. The summed E-state index contributed by atoms with van der Waals surface area (Å²) >= 11 is 0. The van der Waals surface area contributed by atoms with E-state index in [0.717, 1.165) is 25.7 Å². The smallest absolute Gasteiger partial charge is 0.272 e. The highest BCUT2D eigenvalue weighted by Crippen LogP contribution is 2.29. The number of rotatable bonds is 3. The molecule has 1 amide bonds. The second-order valence-corrected chi connectivity index (χ2v) is 5.07. The fraction of sp³-hybridized carbons (Fsp3) is 0.667. The molecule has 1 fully saturated rings. The number of aryl methyl sites for hydroxylation is 2. The Balaban J connectivity index is 2.21. The predicted octanol–water partition coefficient (Wildman–Crippen LogP) is 0.346. The number of aromatic nitrogens is 2. The SMILES string of the molecule is Cc1nn(C)c(C(=O)NC2(CO)CCCC2)c1N. The molecule has 1 aromatic rings. The van der Waals surface area contributed by atoms with E-state index in [2.05, 4.69) is 10.4 Å². The highest BCUT2D eigenvalue weighted by atomic mass is 16.3. The molecule has 1 heterocycles. The van der Waals surface area contributed by atoms with Gasteiger partial charge in [0.25, 0.3) is 5.91 Å². The third-order valence-corrected chi connectivity index (χ3v) is 3.73. The van der Waals surface area contributed by atoms with Gasteiger partial charge >= 0.3 is 0 Å². The number of aliphatic hydroxyl groups is 1. The molecule has 4 N–H and O–H groups in total. The van der Waals surface area contributed by atoms with Gasteiger partial charge in [0.15, 0.2) is 0 Å². The Morgan fingerprint density at radius 3 is 2.61 bits per heavy atom. The van der Waals surface area contributed by atoms with Crippen LogP contribution in [0.15, 0.2) is 0 Å². The summed E-state index contributed by atoms with van der Waals surface area (Å²) in [7, 11) is 1.69. The number of nitrogens with zero attached hydrogens (tertiary/aromatic N) is 2. The van der Waals surface area contributed by atoms with Gasteiger partial charge in [-0.1, -0.05) is 12.8 Å². The van der Waals surface area contributed by atoms with Gasteiger partial charge in [-0.2, -0.15) is 5.10 Å². The number of hydrogen-bond acceptors (Lipinski definition) is 4. The first-order chi connectivity index (χ1) is 8.49. The summed E-state index contributed by atoms with van der Waals surface area (Å²) in [6, 6.07) is 0. The van der Waals surface area contributed by atoms with Crippen molar-refractivity contribution in [3.63, 3.8) is 0 Å². The van der Waals surface area contributed by atoms with Crippen LogP contribution in [-0.4, -0.2) is 32.9 Å². The number of carbonyl (C=O) groups is 1. The fourth-order valence-electron chi connectivity index (χ4n) is 2.62. The van der Waals surface area contributed by atoms with E-state index in [0.29, 0.717) is 17.1 Å². The van der Waals surface area contributed by atoms with E-state index in [1.54, 1.807) is 14.0 Å². The van der Waals surface area contributed by atoms with Crippen LogP contribution in [-0.2, 0) is 7.05 Å². The standard InChI is InChI=1S/C12H20N4O2/c1-8-9(13)10(16(2)15-8)11(18)14-12(7-17)5-3-4-6-12/h17H,3-7,13H2,1-2H3,(H,14,18). The normalized spacial score (nSPS) is 17.9. The van der Waals surface area contributed by atoms with Crippen molar-refractivity contribution in [2.24, 2.45) is 7.05 Å². The van der Waals surface area contributed by atoms with Crippen molar-refractivity contribution in [3.05, 3.63) is 11.4 Å². The minimum atomic E-state index is -0.484. The molecule has 0 saturated heterocycles. The van der Waals surface area contributed by atoms with Gasteiger partial charge < -0.3 is 16.2 Å². The number of nitrogens with two attached hydrogens (primary N) is 1.